The van der Waals surface area contributed by atoms with Crippen LogP contribution in [0.1, 0.15) is 19.4 Å². The highest BCUT2D eigenvalue weighted by atomic mass is 32.2. The summed E-state index contributed by atoms with van der Waals surface area (Å²) in [5, 5.41) is 2.79. The number of nitrogens with one attached hydrogen (secondary N) is 1. The number of nitrogens with zero attached hydrogens (tertiary/aromatic N) is 2. The molecule has 0 unspecified atom stereocenters. The summed E-state index contributed by atoms with van der Waals surface area (Å²) in [6, 6.07) is 14.1. The molecule has 0 aromatic heterocycles. The number of hydrogen-bond donors (Lipinski definition) is 1. The first kappa shape index (κ1) is 23.9. The van der Waals surface area contributed by atoms with Crippen molar-refractivity contribution in [3.63, 3.8) is 0 Å². The van der Waals surface area contributed by atoms with Gasteiger partial charge < -0.3 is 10.1 Å². The average molecular weight is 434 g/mol. The largest absolute Gasteiger partial charge is 0.492 e. The minimum atomic E-state index is -3.50. The third kappa shape index (κ3) is 6.83. The molecule has 2 rings (SSSR count). The van der Waals surface area contributed by atoms with Crippen LogP contribution < -0.4 is 10.1 Å². The highest BCUT2D eigenvalue weighted by Crippen LogP contribution is 2.18. The Morgan fingerprint density at radius 3 is 2.33 bits per heavy atom. The molecule has 2 aromatic carbocycles. The lowest BCUT2D eigenvalue weighted by Crippen LogP contribution is -2.33. The zero-order valence-corrected chi connectivity index (χ0v) is 18.9. The minimum absolute atomic E-state index is 0.174. The monoisotopic (exact) mass is 433 g/mol. The van der Waals surface area contributed by atoms with Crippen molar-refractivity contribution in [1.29, 1.82) is 0 Å². The lowest BCUT2D eigenvalue weighted by molar-refractivity contribution is -0.117. The molecule has 0 radical (unpaired) electrons. The van der Waals surface area contributed by atoms with Gasteiger partial charge in [-0.1, -0.05) is 26.0 Å². The van der Waals surface area contributed by atoms with E-state index in [1.807, 2.05) is 43.1 Å². The van der Waals surface area contributed by atoms with Crippen LogP contribution in [0, 0.1) is 6.92 Å². The molecule has 1 amide bonds. The van der Waals surface area contributed by atoms with E-state index in [1.165, 1.54) is 16.4 Å². The van der Waals surface area contributed by atoms with Crippen LogP contribution in [0.4, 0.5) is 5.69 Å². The standard InChI is InChI=1S/C22H31N3O4S/c1-5-25(6-2)30(27,28)21-12-10-19(11-13-21)23-22(26)17-24(4)14-15-29-20-9-7-8-18(3)16-20/h7-13,16H,5-6,14-15,17H2,1-4H3,(H,23,26). The summed E-state index contributed by atoms with van der Waals surface area (Å²) in [4.78, 5) is 14.3. The molecule has 1 N–H and O–H groups in total. The summed E-state index contributed by atoms with van der Waals surface area (Å²) < 4.78 is 32.1. The molecule has 0 heterocycles. The van der Waals surface area contributed by atoms with Crippen molar-refractivity contribution in [1.82, 2.24) is 9.21 Å². The van der Waals surface area contributed by atoms with Gasteiger partial charge >= 0.3 is 0 Å². The maximum atomic E-state index is 12.5. The van der Waals surface area contributed by atoms with Crippen molar-refractivity contribution in [3.05, 3.63) is 54.1 Å². The van der Waals surface area contributed by atoms with Crippen LogP contribution in [0.25, 0.3) is 0 Å². The number of carbonyl (C=O) groups excluding carboxylic acids is 1. The Labute approximate surface area is 179 Å². The van der Waals surface area contributed by atoms with Crippen molar-refractivity contribution < 1.29 is 17.9 Å². The highest BCUT2D eigenvalue weighted by molar-refractivity contribution is 7.89. The van der Waals surface area contributed by atoms with Crippen LogP contribution in [0.2, 0.25) is 0 Å². The average Bonchev–Trinajstić information content (AvgIpc) is 2.69. The van der Waals surface area contributed by atoms with E-state index in [4.69, 9.17) is 4.74 Å². The minimum Gasteiger partial charge on any atom is -0.492 e. The summed E-state index contributed by atoms with van der Waals surface area (Å²) in [6.45, 7) is 7.73. The smallest absolute Gasteiger partial charge is 0.243 e. The van der Waals surface area contributed by atoms with Crippen molar-refractivity contribution >= 4 is 21.6 Å². The number of hydrogen-bond acceptors (Lipinski definition) is 5. The molecule has 0 aliphatic carbocycles. The van der Waals surface area contributed by atoms with Gasteiger partial charge in [0.05, 0.1) is 11.4 Å². The Balaban J connectivity index is 1.82. The molecule has 8 heteroatoms. The number of anilines is 1. The van der Waals surface area contributed by atoms with Gasteiger partial charge in [-0.25, -0.2) is 8.42 Å². The van der Waals surface area contributed by atoms with Gasteiger partial charge in [-0.2, -0.15) is 4.31 Å². The van der Waals surface area contributed by atoms with Gasteiger partial charge in [0.2, 0.25) is 15.9 Å². The molecule has 0 saturated heterocycles. The molecule has 0 aliphatic heterocycles. The van der Waals surface area contributed by atoms with Crippen LogP contribution in [0.3, 0.4) is 0 Å². The van der Waals surface area contributed by atoms with Crippen molar-refractivity contribution in [2.45, 2.75) is 25.7 Å². The van der Waals surface area contributed by atoms with E-state index in [9.17, 15) is 13.2 Å². The second kappa shape index (κ2) is 11.1. The third-order valence-electron chi connectivity index (χ3n) is 4.63. The first-order valence-corrected chi connectivity index (χ1v) is 11.5. The van der Waals surface area contributed by atoms with Crippen LogP contribution in [0.5, 0.6) is 5.75 Å². The van der Waals surface area contributed by atoms with Gasteiger partial charge in [-0.15, -0.1) is 0 Å². The number of ether oxygens (including phenoxy) is 1. The lowest BCUT2D eigenvalue weighted by atomic mass is 10.2. The predicted octanol–water partition coefficient (Wildman–Crippen LogP) is 2.97. The number of likely N-dealkylation sites (N-methyl/N-ethyl adjacent to an activating group) is 1. The van der Waals surface area contributed by atoms with Crippen LogP contribution in [0.15, 0.2) is 53.4 Å². The molecule has 0 atom stereocenters. The third-order valence-corrected chi connectivity index (χ3v) is 6.69. The maximum absolute atomic E-state index is 12.5. The summed E-state index contributed by atoms with van der Waals surface area (Å²) in [7, 11) is -1.66. The number of sulfonamides is 1. The Bertz CT molecular complexity index is 926. The Hall–Kier alpha value is -2.42. The quantitative estimate of drug-likeness (QED) is 0.589. The van der Waals surface area contributed by atoms with Gasteiger partial charge in [-0.3, -0.25) is 9.69 Å². The second-order valence-electron chi connectivity index (χ2n) is 7.06. The van der Waals surface area contributed by atoms with Gasteiger partial charge in [-0.05, 0) is 55.9 Å². The number of carbonyl (C=O) groups is 1. The molecule has 0 spiro atoms. The second-order valence-corrected chi connectivity index (χ2v) is 9.00. The molecular formula is C22H31N3O4S. The van der Waals surface area contributed by atoms with Gasteiger partial charge in [0.25, 0.3) is 0 Å². The molecule has 164 valence electrons. The molecule has 0 bridgehead atoms. The Morgan fingerprint density at radius 2 is 1.73 bits per heavy atom. The zero-order valence-electron chi connectivity index (χ0n) is 18.1. The summed E-state index contributed by atoms with van der Waals surface area (Å²) in [5.41, 5.74) is 1.69. The summed E-state index contributed by atoms with van der Waals surface area (Å²) in [6.07, 6.45) is 0. The Morgan fingerprint density at radius 1 is 1.07 bits per heavy atom. The van der Waals surface area contributed by atoms with E-state index in [0.29, 0.717) is 31.9 Å². The molecular weight excluding hydrogens is 402 g/mol. The van der Waals surface area contributed by atoms with Crippen molar-refractivity contribution in [2.24, 2.45) is 0 Å². The lowest BCUT2D eigenvalue weighted by Gasteiger charge is -2.19. The van der Waals surface area contributed by atoms with E-state index in [1.54, 1.807) is 26.0 Å². The van der Waals surface area contributed by atoms with E-state index in [2.05, 4.69) is 5.32 Å². The van der Waals surface area contributed by atoms with Crippen LogP contribution in [-0.2, 0) is 14.8 Å². The van der Waals surface area contributed by atoms with Crippen LogP contribution in [-0.4, -0.2) is 63.4 Å². The molecule has 7 nitrogen and oxygen atoms in total. The number of aryl methyl sites for hydroxylation is 1. The molecule has 0 aliphatic rings. The summed E-state index contributed by atoms with van der Waals surface area (Å²) >= 11 is 0. The molecule has 30 heavy (non-hydrogen) atoms. The van der Waals surface area contributed by atoms with E-state index in [-0.39, 0.29) is 17.3 Å². The fourth-order valence-corrected chi connectivity index (χ4v) is 4.43. The fraction of sp³-hybridized carbons (Fsp3) is 0.409. The Kier molecular flexibility index (Phi) is 8.83. The summed E-state index contributed by atoms with van der Waals surface area (Å²) in [5.74, 6) is 0.639. The normalized spacial score (nSPS) is 11.7. The first-order chi connectivity index (χ1) is 14.3. The van der Waals surface area contributed by atoms with Crippen LogP contribution >= 0.6 is 0 Å². The van der Waals surface area contributed by atoms with E-state index < -0.39 is 10.0 Å². The van der Waals surface area contributed by atoms with Gasteiger partial charge in [0.15, 0.2) is 0 Å². The zero-order chi connectivity index (χ0) is 22.1. The molecule has 0 fully saturated rings. The van der Waals surface area contributed by atoms with Gasteiger partial charge in [0, 0.05) is 25.3 Å². The molecule has 2 aromatic rings. The number of benzene rings is 2. The fourth-order valence-electron chi connectivity index (χ4n) is 2.97. The SMILES string of the molecule is CCN(CC)S(=O)(=O)c1ccc(NC(=O)CN(C)CCOc2cccc(C)c2)cc1. The highest BCUT2D eigenvalue weighted by Gasteiger charge is 2.21. The number of amides is 1. The van der Waals surface area contributed by atoms with E-state index >= 15 is 0 Å². The number of rotatable bonds is 11. The topological polar surface area (TPSA) is 79.0 Å². The maximum Gasteiger partial charge on any atom is 0.243 e. The predicted molar refractivity (Wildman–Crippen MR) is 119 cm³/mol. The van der Waals surface area contributed by atoms with Crippen molar-refractivity contribution in [3.8, 4) is 5.75 Å². The van der Waals surface area contributed by atoms with E-state index in [0.717, 1.165) is 11.3 Å². The first-order valence-electron chi connectivity index (χ1n) is 10.0. The molecule has 0 saturated carbocycles. The van der Waals surface area contributed by atoms with Gasteiger partial charge in [0.1, 0.15) is 12.4 Å². The van der Waals surface area contributed by atoms with Crippen molar-refractivity contribution in [2.75, 3.05) is 45.2 Å².